The molecule has 2 aromatic rings. The Morgan fingerprint density at radius 3 is 1.96 bits per heavy atom. The predicted molar refractivity (Wildman–Crippen MR) is 201 cm³/mol. The van der Waals surface area contributed by atoms with E-state index >= 15 is 0 Å². The van der Waals surface area contributed by atoms with Crippen LogP contribution in [0.3, 0.4) is 0 Å². The molecular formula is C41H57N5O7. The highest BCUT2D eigenvalue weighted by Crippen LogP contribution is 2.24. The van der Waals surface area contributed by atoms with Crippen LogP contribution in [0, 0.1) is 11.8 Å². The Kier molecular flexibility index (Phi) is 15.0. The maximum atomic E-state index is 14.5. The van der Waals surface area contributed by atoms with E-state index in [-0.39, 0.29) is 43.6 Å². The van der Waals surface area contributed by atoms with Crippen LogP contribution in [-0.2, 0) is 46.3 Å². The normalized spacial score (nSPS) is 24.8. The lowest BCUT2D eigenvalue weighted by Crippen LogP contribution is -2.60. The Morgan fingerprint density at radius 1 is 0.736 bits per heavy atom. The number of fused-ring (bicyclic) bond motifs is 1. The van der Waals surface area contributed by atoms with Gasteiger partial charge in [-0.25, -0.2) is 0 Å². The van der Waals surface area contributed by atoms with Gasteiger partial charge in [-0.2, -0.15) is 0 Å². The minimum atomic E-state index is -1.06. The minimum Gasteiger partial charge on any atom is -0.452 e. The summed E-state index contributed by atoms with van der Waals surface area (Å²) in [6, 6.07) is 14.9. The summed E-state index contributed by atoms with van der Waals surface area (Å²) in [4.78, 5) is 88.0. The fourth-order valence-electron chi connectivity index (χ4n) is 7.26. The number of hydrogen-bond donors (Lipinski definition) is 2. The van der Waals surface area contributed by atoms with Crippen LogP contribution in [0.4, 0.5) is 0 Å². The highest BCUT2D eigenvalue weighted by Gasteiger charge is 2.42. The Balaban J connectivity index is 1.72. The second-order valence-electron chi connectivity index (χ2n) is 15.1. The van der Waals surface area contributed by atoms with E-state index in [2.05, 4.69) is 10.6 Å². The van der Waals surface area contributed by atoms with Gasteiger partial charge < -0.3 is 30.1 Å². The number of carbonyl (C=O) groups excluding carboxylic acids is 6. The quantitative estimate of drug-likeness (QED) is 0.415. The van der Waals surface area contributed by atoms with Gasteiger partial charge in [-0.3, -0.25) is 28.8 Å². The van der Waals surface area contributed by atoms with E-state index < -0.39 is 59.9 Å². The van der Waals surface area contributed by atoms with E-state index in [0.29, 0.717) is 38.6 Å². The van der Waals surface area contributed by atoms with Crippen molar-refractivity contribution in [1.29, 1.82) is 0 Å². The molecule has 0 bridgehead atoms. The molecule has 2 N–H and O–H groups in total. The molecule has 288 valence electrons. The number of amides is 5. The van der Waals surface area contributed by atoms with E-state index in [1.165, 1.54) is 14.7 Å². The number of nitrogens with one attached hydrogen (secondary N) is 2. The van der Waals surface area contributed by atoms with Crippen molar-refractivity contribution in [2.75, 3.05) is 27.2 Å². The van der Waals surface area contributed by atoms with Crippen LogP contribution < -0.4 is 10.6 Å². The van der Waals surface area contributed by atoms with Crippen molar-refractivity contribution in [2.24, 2.45) is 11.8 Å². The van der Waals surface area contributed by atoms with Crippen molar-refractivity contribution >= 4 is 35.5 Å². The van der Waals surface area contributed by atoms with Crippen molar-refractivity contribution in [2.45, 2.75) is 109 Å². The van der Waals surface area contributed by atoms with Gasteiger partial charge in [0, 0.05) is 46.4 Å². The molecule has 2 aliphatic heterocycles. The summed E-state index contributed by atoms with van der Waals surface area (Å²) in [5, 5.41) is 5.89. The number of ether oxygens (including phenoxy) is 1. The number of nitrogens with zero attached hydrogens (tertiary/aromatic N) is 3. The zero-order valence-electron chi connectivity index (χ0n) is 32.1. The van der Waals surface area contributed by atoms with Crippen LogP contribution in [0.1, 0.15) is 77.3 Å². The molecule has 0 aliphatic carbocycles. The molecule has 0 radical (unpaired) electrons. The molecule has 5 amide bonds. The first kappa shape index (κ1) is 41.0. The molecule has 2 aromatic carbocycles. The number of hydrogen-bond acceptors (Lipinski definition) is 7. The first-order valence-electron chi connectivity index (χ1n) is 19.0. The third-order valence-corrected chi connectivity index (χ3v) is 10.1. The summed E-state index contributed by atoms with van der Waals surface area (Å²) in [6.07, 6.45) is 1.56. The Hall–Kier alpha value is -4.74. The third kappa shape index (κ3) is 11.1. The van der Waals surface area contributed by atoms with Crippen LogP contribution in [0.15, 0.2) is 60.7 Å². The van der Waals surface area contributed by atoms with E-state index in [4.69, 9.17) is 4.74 Å². The van der Waals surface area contributed by atoms with Crippen molar-refractivity contribution in [3.05, 3.63) is 71.8 Å². The molecule has 4 rings (SSSR count). The molecule has 12 heteroatoms. The standard InChI is InChI=1S/C41H57N5O7/c1-27(2)24-34-40(51)46-23-15-20-32(46)38(49)43-31(25-29-16-9-7-10-17-29)39(50)45(6)36(28(3)4)41(52)44(5)33(26-30-18-11-8-12-19-30)37(48)42-22-14-13-21-35(47)53-34/h7-12,16-19,27-28,31-34,36H,13-15,20-26H2,1-6H3,(H,42,48)(H,43,49)/t31-,32-,33?,34-,36-/m0/s1. The Morgan fingerprint density at radius 2 is 1.36 bits per heavy atom. The molecule has 0 aromatic heterocycles. The Labute approximate surface area is 314 Å². The fourth-order valence-corrected chi connectivity index (χ4v) is 7.26. The molecule has 1 unspecified atom stereocenters. The zero-order valence-corrected chi connectivity index (χ0v) is 32.1. The predicted octanol–water partition coefficient (Wildman–Crippen LogP) is 3.52. The minimum absolute atomic E-state index is 0.0401. The summed E-state index contributed by atoms with van der Waals surface area (Å²) >= 11 is 0. The van der Waals surface area contributed by atoms with Gasteiger partial charge in [0.1, 0.15) is 24.2 Å². The third-order valence-electron chi connectivity index (χ3n) is 10.1. The molecule has 5 atom stereocenters. The summed E-state index contributed by atoms with van der Waals surface area (Å²) < 4.78 is 5.76. The highest BCUT2D eigenvalue weighted by atomic mass is 16.5. The average molecular weight is 732 g/mol. The van der Waals surface area contributed by atoms with Gasteiger partial charge in [-0.15, -0.1) is 0 Å². The van der Waals surface area contributed by atoms with Crippen LogP contribution in [0.2, 0.25) is 0 Å². The number of rotatable bonds is 7. The number of cyclic esters (lactones) is 1. The van der Waals surface area contributed by atoms with Gasteiger partial charge in [-0.05, 0) is 55.1 Å². The van der Waals surface area contributed by atoms with Crippen LogP contribution in [0.5, 0.6) is 0 Å². The van der Waals surface area contributed by atoms with E-state index in [9.17, 15) is 28.8 Å². The van der Waals surface area contributed by atoms with E-state index in [1.807, 2.05) is 88.4 Å². The molecule has 2 saturated heterocycles. The first-order valence-corrected chi connectivity index (χ1v) is 19.0. The molecule has 0 saturated carbocycles. The van der Waals surface area contributed by atoms with Gasteiger partial charge in [0.05, 0.1) is 0 Å². The zero-order chi connectivity index (χ0) is 38.7. The van der Waals surface area contributed by atoms with Crippen LogP contribution >= 0.6 is 0 Å². The van der Waals surface area contributed by atoms with Crippen LogP contribution in [-0.4, -0.2) is 108 Å². The maximum absolute atomic E-state index is 14.5. The SMILES string of the molecule is CC(C)C[C@@H]1OC(=O)CCCCNC(=O)C(Cc2ccccc2)N(C)C(=O)[C@H](C(C)C)N(C)C(=O)[C@H](Cc2ccccc2)NC(=O)[C@@H]2CCCN2C1=O. The second kappa shape index (κ2) is 19.4. The van der Waals surface area contributed by atoms with E-state index in [1.54, 1.807) is 14.1 Å². The van der Waals surface area contributed by atoms with Crippen LogP contribution in [0.25, 0.3) is 0 Å². The van der Waals surface area contributed by atoms with Gasteiger partial charge in [0.15, 0.2) is 6.10 Å². The van der Waals surface area contributed by atoms with Crippen molar-refractivity contribution in [3.63, 3.8) is 0 Å². The monoisotopic (exact) mass is 731 g/mol. The average Bonchev–Trinajstić information content (AvgIpc) is 3.63. The molecule has 53 heavy (non-hydrogen) atoms. The lowest BCUT2D eigenvalue weighted by Gasteiger charge is -2.38. The van der Waals surface area contributed by atoms with Gasteiger partial charge in [-0.1, -0.05) is 88.4 Å². The molecule has 2 fully saturated rings. The van der Waals surface area contributed by atoms with Crippen molar-refractivity contribution in [3.8, 4) is 0 Å². The number of esters is 1. The van der Waals surface area contributed by atoms with Crippen molar-refractivity contribution in [1.82, 2.24) is 25.3 Å². The molecule has 0 spiro atoms. The molecule has 2 heterocycles. The summed E-state index contributed by atoms with van der Waals surface area (Å²) in [7, 11) is 3.14. The maximum Gasteiger partial charge on any atom is 0.306 e. The van der Waals surface area contributed by atoms with Crippen molar-refractivity contribution < 1.29 is 33.5 Å². The summed E-state index contributed by atoms with van der Waals surface area (Å²) in [5.74, 6) is -2.97. The Bertz CT molecular complexity index is 1570. The first-order chi connectivity index (χ1) is 25.3. The molecule has 12 nitrogen and oxygen atoms in total. The fraction of sp³-hybridized carbons (Fsp3) is 0.561. The summed E-state index contributed by atoms with van der Waals surface area (Å²) in [6.45, 7) is 8.15. The number of likely N-dealkylation sites (N-methyl/N-ethyl adjacent to an activating group) is 2. The van der Waals surface area contributed by atoms with Gasteiger partial charge >= 0.3 is 5.97 Å². The lowest BCUT2D eigenvalue weighted by atomic mass is 9.97. The smallest absolute Gasteiger partial charge is 0.306 e. The number of carbonyl (C=O) groups is 6. The van der Waals surface area contributed by atoms with E-state index in [0.717, 1.165) is 11.1 Å². The highest BCUT2D eigenvalue weighted by molar-refractivity contribution is 5.96. The lowest BCUT2D eigenvalue weighted by molar-refractivity contribution is -0.162. The van der Waals surface area contributed by atoms with Gasteiger partial charge in [0.2, 0.25) is 23.6 Å². The number of benzene rings is 2. The largest absolute Gasteiger partial charge is 0.452 e. The topological polar surface area (TPSA) is 145 Å². The molecular weight excluding hydrogens is 674 g/mol. The summed E-state index contributed by atoms with van der Waals surface area (Å²) in [5.41, 5.74) is 1.67. The van der Waals surface area contributed by atoms with Gasteiger partial charge in [0.25, 0.3) is 5.91 Å². The second-order valence-corrected chi connectivity index (χ2v) is 15.1. The molecule has 2 aliphatic rings.